The highest BCUT2D eigenvalue weighted by atomic mass is 31.2. The lowest BCUT2D eigenvalue weighted by Crippen LogP contribution is -2.39. The number of hydrogen-bond acceptors (Lipinski definition) is 13. The maximum Gasteiger partial charge on any atom is 0.406 e. The van der Waals surface area contributed by atoms with E-state index in [0.29, 0.717) is 0 Å². The number of carbonyl (C=O) groups excluding carboxylic acids is 2. The minimum Gasteiger partial charge on any atom is -0.468 e. The van der Waals surface area contributed by atoms with Gasteiger partial charge < -0.3 is 30.2 Å². The Morgan fingerprint density at radius 2 is 1.94 bits per heavy atom. The summed E-state index contributed by atoms with van der Waals surface area (Å²) in [5, 5.41) is 23.2. The summed E-state index contributed by atoms with van der Waals surface area (Å²) in [4.78, 5) is 39.3. The van der Waals surface area contributed by atoms with Crippen LogP contribution in [0.3, 0.4) is 0 Å². The third-order valence-corrected chi connectivity index (χ3v) is 6.54. The first kappa shape index (κ1) is 28.8. The lowest BCUT2D eigenvalue weighted by molar-refractivity contribution is -0.143. The lowest BCUT2D eigenvalue weighted by atomic mass is 10.1. The topological polar surface area (TPSA) is 211 Å². The molecule has 5 N–H and O–H groups in total. The maximum absolute atomic E-state index is 13.4. The number of ether oxygens (including phenoxy) is 3. The van der Waals surface area contributed by atoms with Crippen LogP contribution in [-0.2, 0) is 37.4 Å². The molecule has 6 atom stereocenters. The average Bonchev–Trinajstić information content (AvgIpc) is 3.08. The molecule has 198 valence electrons. The summed E-state index contributed by atoms with van der Waals surface area (Å²) in [5.74, 6) is -1.68. The van der Waals surface area contributed by atoms with Crippen molar-refractivity contribution in [1.82, 2.24) is 14.6 Å². The van der Waals surface area contributed by atoms with E-state index in [-0.39, 0.29) is 18.2 Å². The van der Waals surface area contributed by atoms with Crippen molar-refractivity contribution < 1.29 is 47.6 Å². The van der Waals surface area contributed by atoms with E-state index in [1.165, 1.54) is 12.3 Å². The fourth-order valence-electron chi connectivity index (χ4n) is 3.20. The molecule has 0 amide bonds. The molecule has 0 saturated carbocycles. The highest BCUT2D eigenvalue weighted by molar-refractivity contribution is 7.51. The molecule has 2 rings (SSSR count). The Hall–Kier alpha value is -2.39. The van der Waals surface area contributed by atoms with Gasteiger partial charge in [-0.05, 0) is 18.4 Å². The van der Waals surface area contributed by atoms with Crippen LogP contribution in [-0.4, -0.2) is 83.5 Å². The molecule has 2 unspecified atom stereocenters. The fourth-order valence-corrected chi connectivity index (χ4v) is 4.64. The molecule has 0 bridgehead atoms. The zero-order valence-corrected chi connectivity index (χ0v) is 20.6. The van der Waals surface area contributed by atoms with Gasteiger partial charge in [-0.2, -0.15) is 4.98 Å². The van der Waals surface area contributed by atoms with E-state index in [1.807, 2.05) is 13.8 Å². The van der Waals surface area contributed by atoms with E-state index in [4.69, 9.17) is 24.3 Å². The minimum absolute atomic E-state index is 0.0246. The Morgan fingerprint density at radius 1 is 1.26 bits per heavy atom. The van der Waals surface area contributed by atoms with Gasteiger partial charge in [-0.15, -0.1) is 0 Å². The summed E-state index contributed by atoms with van der Waals surface area (Å²) in [6.07, 6.45) is -4.33. The van der Waals surface area contributed by atoms with Gasteiger partial charge in [-0.25, -0.2) is 19.2 Å². The number of anilines is 1. The van der Waals surface area contributed by atoms with Gasteiger partial charge >= 0.3 is 25.4 Å². The molecule has 1 fully saturated rings. The number of rotatable bonds is 12. The zero-order chi connectivity index (χ0) is 26.3. The van der Waals surface area contributed by atoms with Crippen LogP contribution in [0.2, 0.25) is 0 Å². The van der Waals surface area contributed by atoms with Gasteiger partial charge in [0.05, 0.1) is 20.8 Å². The molecule has 15 nitrogen and oxygen atoms in total. The van der Waals surface area contributed by atoms with Gasteiger partial charge in [-0.3, -0.25) is 18.4 Å². The van der Waals surface area contributed by atoms with Crippen LogP contribution in [0, 0.1) is 5.92 Å². The fraction of sp³-hybridized carbons (Fsp3) is 0.684. The number of methoxy groups -OCH3 is 2. The molecule has 0 radical (unpaired) electrons. The molecule has 1 aliphatic heterocycles. The number of carbonyl (C=O) groups is 2. The summed E-state index contributed by atoms with van der Waals surface area (Å²) in [6, 6.07) is 0.185. The van der Waals surface area contributed by atoms with E-state index in [0.717, 1.165) is 18.8 Å². The van der Waals surface area contributed by atoms with E-state index in [1.54, 1.807) is 0 Å². The molecule has 2 heterocycles. The second kappa shape index (κ2) is 12.5. The highest BCUT2D eigenvalue weighted by Gasteiger charge is 2.46. The van der Waals surface area contributed by atoms with Crippen LogP contribution >= 0.6 is 7.75 Å². The number of aliphatic hydroxyl groups excluding tert-OH is 2. The largest absolute Gasteiger partial charge is 0.468 e. The van der Waals surface area contributed by atoms with Gasteiger partial charge in [0.25, 0.3) is 0 Å². The van der Waals surface area contributed by atoms with Gasteiger partial charge in [-0.1, -0.05) is 13.8 Å². The molecular weight excluding hydrogens is 491 g/mol. The number of hydrogen-bond donors (Lipinski definition) is 4. The Kier molecular flexibility index (Phi) is 10.3. The SMILES string of the molecule is COC(=O)COP(=O)(N[C@@H](CC(C)C)C(=O)OC)OC[C@H]1O[C@@H](n2ccc(N)nc2=O)C(O)[C@H]1O. The van der Waals surface area contributed by atoms with Crippen molar-refractivity contribution in [3.63, 3.8) is 0 Å². The molecule has 1 aromatic rings. The molecule has 1 aliphatic rings. The molecule has 1 aromatic heterocycles. The number of aromatic nitrogens is 2. The normalized spacial score (nSPS) is 24.7. The van der Waals surface area contributed by atoms with Gasteiger partial charge in [0.2, 0.25) is 0 Å². The van der Waals surface area contributed by atoms with Crippen molar-refractivity contribution in [3.8, 4) is 0 Å². The predicted octanol–water partition coefficient (Wildman–Crippen LogP) is -1.06. The second-order valence-electron chi connectivity index (χ2n) is 8.07. The van der Waals surface area contributed by atoms with Gasteiger partial charge in [0, 0.05) is 6.20 Å². The molecule has 0 spiro atoms. The summed E-state index contributed by atoms with van der Waals surface area (Å²) < 4.78 is 39.5. The van der Waals surface area contributed by atoms with Crippen molar-refractivity contribution in [2.45, 2.75) is 50.8 Å². The molecule has 0 aromatic carbocycles. The van der Waals surface area contributed by atoms with Crippen molar-refractivity contribution in [2.24, 2.45) is 5.92 Å². The second-order valence-corrected chi connectivity index (χ2v) is 9.84. The van der Waals surface area contributed by atoms with Crippen LogP contribution < -0.4 is 16.5 Å². The number of aliphatic hydroxyl groups is 2. The summed E-state index contributed by atoms with van der Waals surface area (Å²) in [5.41, 5.74) is 4.63. The van der Waals surface area contributed by atoms with Crippen molar-refractivity contribution in [2.75, 3.05) is 33.2 Å². The Bertz CT molecular complexity index is 988. The van der Waals surface area contributed by atoms with E-state index in [9.17, 15) is 29.2 Å². The third-order valence-electron chi connectivity index (χ3n) is 4.96. The van der Waals surface area contributed by atoms with Crippen LogP contribution in [0.5, 0.6) is 0 Å². The average molecular weight is 522 g/mol. The van der Waals surface area contributed by atoms with Gasteiger partial charge in [0.15, 0.2) is 12.8 Å². The molecule has 16 heteroatoms. The first-order chi connectivity index (χ1) is 16.4. The van der Waals surface area contributed by atoms with E-state index < -0.39 is 69.2 Å². The number of nitrogen functional groups attached to an aromatic ring is 1. The van der Waals surface area contributed by atoms with E-state index >= 15 is 0 Å². The van der Waals surface area contributed by atoms with Crippen LogP contribution in [0.15, 0.2) is 17.1 Å². The standard InChI is InChI=1S/C19H31N4O11P/c1-10(2)7-11(18(27)31-4)22-35(29,33-9-14(24)30-3)32-8-12-15(25)16(26)17(34-12)23-6-5-13(20)21-19(23)28/h5-6,10-12,15-17,25-26H,7-9H2,1-4H3,(H,22,29)(H2,20,21,28)/t11-,12+,15-,16?,17+,35?/m0/s1. The van der Waals surface area contributed by atoms with Crippen LogP contribution in [0.25, 0.3) is 0 Å². The first-order valence-corrected chi connectivity index (χ1v) is 12.1. The first-order valence-electron chi connectivity index (χ1n) is 10.6. The number of nitrogens with two attached hydrogens (primary N) is 1. The quantitative estimate of drug-likeness (QED) is 0.190. The summed E-state index contributed by atoms with van der Waals surface area (Å²) in [6.45, 7) is 2.24. The minimum atomic E-state index is -4.39. The molecule has 35 heavy (non-hydrogen) atoms. The monoisotopic (exact) mass is 522 g/mol. The number of nitrogens with one attached hydrogen (secondary N) is 1. The Labute approximate surface area is 201 Å². The summed E-state index contributed by atoms with van der Waals surface area (Å²) in [7, 11) is -2.15. The number of esters is 2. The summed E-state index contributed by atoms with van der Waals surface area (Å²) >= 11 is 0. The molecule has 0 aliphatic carbocycles. The van der Waals surface area contributed by atoms with Crippen LogP contribution in [0.1, 0.15) is 26.5 Å². The number of nitrogens with zero attached hydrogens (tertiary/aromatic N) is 2. The van der Waals surface area contributed by atoms with E-state index in [2.05, 4.69) is 14.8 Å². The van der Waals surface area contributed by atoms with Crippen molar-refractivity contribution >= 4 is 25.5 Å². The third kappa shape index (κ3) is 7.80. The van der Waals surface area contributed by atoms with Crippen molar-refractivity contribution in [1.29, 1.82) is 0 Å². The predicted molar refractivity (Wildman–Crippen MR) is 119 cm³/mol. The maximum atomic E-state index is 13.4. The zero-order valence-electron chi connectivity index (χ0n) is 19.7. The smallest absolute Gasteiger partial charge is 0.406 e. The lowest BCUT2D eigenvalue weighted by Gasteiger charge is -2.26. The van der Waals surface area contributed by atoms with Crippen LogP contribution in [0.4, 0.5) is 5.82 Å². The van der Waals surface area contributed by atoms with Gasteiger partial charge in [0.1, 0.15) is 30.2 Å². The molecular formula is C19H31N4O11P. The Balaban J connectivity index is 2.19. The highest BCUT2D eigenvalue weighted by Crippen LogP contribution is 2.46. The molecule has 1 saturated heterocycles. The van der Waals surface area contributed by atoms with Crippen molar-refractivity contribution in [3.05, 3.63) is 22.7 Å². The Morgan fingerprint density at radius 3 is 2.51 bits per heavy atom.